The van der Waals surface area contributed by atoms with E-state index in [1.54, 1.807) is 12.1 Å². The van der Waals surface area contributed by atoms with Gasteiger partial charge in [-0.25, -0.2) is 4.79 Å². The molecule has 5 nitrogen and oxygen atoms in total. The number of nitrogens with one attached hydrogen (secondary N) is 1. The van der Waals surface area contributed by atoms with E-state index in [9.17, 15) is 9.59 Å². The third-order valence-electron chi connectivity index (χ3n) is 3.46. The fourth-order valence-corrected chi connectivity index (χ4v) is 2.26. The third-order valence-corrected chi connectivity index (χ3v) is 3.46. The summed E-state index contributed by atoms with van der Waals surface area (Å²) >= 11 is 0. The molecule has 132 valence electrons. The van der Waals surface area contributed by atoms with Crippen molar-refractivity contribution < 1.29 is 19.1 Å². The van der Waals surface area contributed by atoms with E-state index in [2.05, 4.69) is 26.1 Å². The number of carbonyl (C=O) groups is 2. The molecule has 0 heterocycles. The highest BCUT2D eigenvalue weighted by Crippen LogP contribution is 2.30. The Morgan fingerprint density at radius 3 is 2.24 bits per heavy atom. The van der Waals surface area contributed by atoms with Crippen molar-refractivity contribution in [1.82, 2.24) is 0 Å². The molecule has 0 aliphatic heterocycles. The van der Waals surface area contributed by atoms with E-state index in [-0.39, 0.29) is 18.6 Å². The highest BCUT2D eigenvalue weighted by molar-refractivity contribution is 5.92. The number of benzene rings is 2. The van der Waals surface area contributed by atoms with Crippen LogP contribution >= 0.6 is 0 Å². The van der Waals surface area contributed by atoms with Gasteiger partial charge in [0, 0.05) is 5.69 Å². The van der Waals surface area contributed by atoms with Crippen LogP contribution in [0.2, 0.25) is 0 Å². The molecule has 0 unspecified atom stereocenters. The smallest absolute Gasteiger partial charge is 0.344 e. The average molecular weight is 341 g/mol. The van der Waals surface area contributed by atoms with Gasteiger partial charge < -0.3 is 14.8 Å². The fraction of sp³-hybridized carbons (Fsp3) is 0.300. The summed E-state index contributed by atoms with van der Waals surface area (Å²) in [5, 5.41) is 2.64. The van der Waals surface area contributed by atoms with E-state index >= 15 is 0 Å². The van der Waals surface area contributed by atoms with Crippen molar-refractivity contribution in [1.29, 1.82) is 0 Å². The van der Waals surface area contributed by atoms with Crippen molar-refractivity contribution in [2.45, 2.75) is 26.2 Å². The maximum Gasteiger partial charge on any atom is 0.344 e. The Hall–Kier alpha value is -2.82. The van der Waals surface area contributed by atoms with Crippen LogP contribution in [0.3, 0.4) is 0 Å². The number of hydrogen-bond acceptors (Lipinski definition) is 4. The first-order chi connectivity index (χ1) is 11.9. The highest BCUT2D eigenvalue weighted by atomic mass is 16.6. The molecule has 0 aliphatic rings. The van der Waals surface area contributed by atoms with Gasteiger partial charge in [0.05, 0.1) is 0 Å². The van der Waals surface area contributed by atoms with Crippen molar-refractivity contribution in [3.8, 4) is 5.75 Å². The summed E-state index contributed by atoms with van der Waals surface area (Å²) in [6.45, 7) is 5.62. The molecule has 1 N–H and O–H groups in total. The molecule has 1 amide bonds. The summed E-state index contributed by atoms with van der Waals surface area (Å²) in [6.07, 6.45) is 0. The number of carbonyl (C=O) groups excluding carboxylic acids is 2. The minimum Gasteiger partial charge on any atom is -0.482 e. The number of anilines is 1. The molecular weight excluding hydrogens is 318 g/mol. The van der Waals surface area contributed by atoms with Crippen LogP contribution in [0.4, 0.5) is 5.69 Å². The Balaban J connectivity index is 1.81. The molecule has 5 heteroatoms. The van der Waals surface area contributed by atoms with Crippen LogP contribution in [-0.2, 0) is 19.7 Å². The topological polar surface area (TPSA) is 64.6 Å². The second kappa shape index (κ2) is 8.33. The Morgan fingerprint density at radius 2 is 1.56 bits per heavy atom. The summed E-state index contributed by atoms with van der Waals surface area (Å²) in [4.78, 5) is 23.6. The quantitative estimate of drug-likeness (QED) is 0.816. The summed E-state index contributed by atoms with van der Waals surface area (Å²) in [5.41, 5.74) is 1.55. The van der Waals surface area contributed by atoms with E-state index in [0.717, 1.165) is 5.56 Å². The van der Waals surface area contributed by atoms with E-state index < -0.39 is 11.9 Å². The zero-order chi connectivity index (χ0) is 18.3. The molecule has 2 aromatic carbocycles. The zero-order valence-corrected chi connectivity index (χ0v) is 14.7. The number of rotatable bonds is 6. The Kier molecular flexibility index (Phi) is 6.17. The Morgan fingerprint density at radius 1 is 0.920 bits per heavy atom. The van der Waals surface area contributed by atoms with E-state index in [0.29, 0.717) is 11.4 Å². The third kappa shape index (κ3) is 5.95. The second-order valence-electron chi connectivity index (χ2n) is 6.61. The molecule has 25 heavy (non-hydrogen) atoms. The predicted molar refractivity (Wildman–Crippen MR) is 96.7 cm³/mol. The van der Waals surface area contributed by atoms with Gasteiger partial charge >= 0.3 is 5.97 Å². The highest BCUT2D eigenvalue weighted by Gasteiger charge is 2.19. The van der Waals surface area contributed by atoms with Crippen LogP contribution < -0.4 is 10.1 Å². The normalized spacial score (nSPS) is 10.8. The molecule has 0 aromatic heterocycles. The molecular formula is C20H23NO4. The lowest BCUT2D eigenvalue weighted by Gasteiger charge is -2.22. The molecule has 0 radical (unpaired) electrons. The Bertz CT molecular complexity index is 720. The number of ether oxygens (including phenoxy) is 2. The molecule has 2 rings (SSSR count). The van der Waals surface area contributed by atoms with Crippen LogP contribution in [0.5, 0.6) is 5.75 Å². The van der Waals surface area contributed by atoms with Crippen molar-refractivity contribution in [3.05, 3.63) is 60.2 Å². The summed E-state index contributed by atoms with van der Waals surface area (Å²) in [5.74, 6) is -0.345. The van der Waals surface area contributed by atoms with E-state index in [4.69, 9.17) is 9.47 Å². The maximum absolute atomic E-state index is 11.8. The summed E-state index contributed by atoms with van der Waals surface area (Å²) < 4.78 is 10.5. The average Bonchev–Trinajstić information content (AvgIpc) is 2.58. The maximum atomic E-state index is 11.8. The number of amides is 1. The van der Waals surface area contributed by atoms with Crippen molar-refractivity contribution in [2.24, 2.45) is 0 Å². The second-order valence-corrected chi connectivity index (χ2v) is 6.61. The first-order valence-corrected chi connectivity index (χ1v) is 8.09. The summed E-state index contributed by atoms with van der Waals surface area (Å²) in [6, 6.07) is 16.5. The summed E-state index contributed by atoms with van der Waals surface area (Å²) in [7, 11) is 0. The predicted octanol–water partition coefficient (Wildman–Crippen LogP) is 3.54. The Labute approximate surface area is 148 Å². The lowest BCUT2D eigenvalue weighted by Crippen LogP contribution is -2.24. The molecule has 0 saturated carbocycles. The fourth-order valence-electron chi connectivity index (χ4n) is 2.26. The van der Waals surface area contributed by atoms with Crippen LogP contribution in [-0.4, -0.2) is 25.1 Å². The van der Waals surface area contributed by atoms with Gasteiger partial charge in [-0.2, -0.15) is 0 Å². The monoisotopic (exact) mass is 341 g/mol. The standard InChI is InChI=1S/C20H23NO4/c1-20(2,3)16-11-7-8-12-17(16)24-14-19(23)25-13-18(22)21-15-9-5-4-6-10-15/h4-12H,13-14H2,1-3H3,(H,21,22). The van der Waals surface area contributed by atoms with Crippen LogP contribution in [0.25, 0.3) is 0 Å². The van der Waals surface area contributed by atoms with Crippen molar-refractivity contribution in [3.63, 3.8) is 0 Å². The minimum absolute atomic E-state index is 0.101. The lowest BCUT2D eigenvalue weighted by atomic mass is 9.86. The first-order valence-electron chi connectivity index (χ1n) is 8.09. The molecule has 0 saturated heterocycles. The van der Waals surface area contributed by atoms with E-state index in [1.165, 1.54) is 0 Å². The van der Waals surface area contributed by atoms with Gasteiger partial charge in [0.15, 0.2) is 13.2 Å². The molecule has 0 fully saturated rings. The molecule has 2 aromatic rings. The van der Waals surface area contributed by atoms with Gasteiger partial charge in [0.2, 0.25) is 0 Å². The minimum atomic E-state index is -0.591. The largest absolute Gasteiger partial charge is 0.482 e. The lowest BCUT2D eigenvalue weighted by molar-refractivity contribution is -0.149. The molecule has 0 atom stereocenters. The molecule has 0 aliphatic carbocycles. The van der Waals surface area contributed by atoms with Gasteiger partial charge in [0.25, 0.3) is 5.91 Å². The van der Waals surface area contributed by atoms with E-state index in [1.807, 2.05) is 42.5 Å². The van der Waals surface area contributed by atoms with Crippen molar-refractivity contribution >= 4 is 17.6 Å². The van der Waals surface area contributed by atoms with Gasteiger partial charge in [-0.3, -0.25) is 4.79 Å². The number of hydrogen-bond donors (Lipinski definition) is 1. The zero-order valence-electron chi connectivity index (χ0n) is 14.7. The number of esters is 1. The molecule has 0 spiro atoms. The van der Waals surface area contributed by atoms with Gasteiger partial charge in [0.1, 0.15) is 5.75 Å². The first kappa shape index (κ1) is 18.5. The van der Waals surface area contributed by atoms with Gasteiger partial charge in [-0.15, -0.1) is 0 Å². The molecule has 0 bridgehead atoms. The van der Waals surface area contributed by atoms with Crippen molar-refractivity contribution in [2.75, 3.05) is 18.5 Å². The van der Waals surface area contributed by atoms with Crippen LogP contribution in [0.15, 0.2) is 54.6 Å². The van der Waals surface area contributed by atoms with Gasteiger partial charge in [-0.05, 0) is 29.2 Å². The van der Waals surface area contributed by atoms with Crippen LogP contribution in [0, 0.1) is 0 Å². The van der Waals surface area contributed by atoms with Crippen LogP contribution in [0.1, 0.15) is 26.3 Å². The SMILES string of the molecule is CC(C)(C)c1ccccc1OCC(=O)OCC(=O)Nc1ccccc1. The number of para-hydroxylation sites is 2. The van der Waals surface area contributed by atoms with Gasteiger partial charge in [-0.1, -0.05) is 57.2 Å².